The molecule has 2 aromatic heterocycles. The monoisotopic (exact) mass is 389 g/mol. The number of rotatable bonds is 4. The minimum atomic E-state index is -0.313. The zero-order chi connectivity index (χ0) is 19.1. The Morgan fingerprint density at radius 1 is 1.33 bits per heavy atom. The molecule has 0 unspecified atom stereocenters. The number of aromatic hydroxyl groups is 1. The summed E-state index contributed by atoms with van der Waals surface area (Å²) in [6.45, 7) is 3.08. The summed E-state index contributed by atoms with van der Waals surface area (Å²) in [6.07, 6.45) is 1.32. The average molecular weight is 389 g/mol. The number of piperidine rings is 1. The lowest BCUT2D eigenvalue weighted by molar-refractivity contribution is -0.123. The number of carbonyl (C=O) groups excluding carboxylic acids is 1. The number of thiazole rings is 1. The minimum absolute atomic E-state index is 0.0435. The number of nitrogens with zero attached hydrogens (tertiary/aromatic N) is 4. The Hall–Kier alpha value is -2.52. The summed E-state index contributed by atoms with van der Waals surface area (Å²) < 4.78 is 14.9. The van der Waals surface area contributed by atoms with Gasteiger partial charge >= 0.3 is 0 Å². The molecule has 0 bridgehead atoms. The second kappa shape index (κ2) is 6.90. The molecule has 0 spiro atoms. The molecule has 1 aliphatic heterocycles. The topological polar surface area (TPSA) is 96.8 Å². The van der Waals surface area contributed by atoms with E-state index >= 15 is 0 Å². The standard InChI is InChI=1S/C18H20FN5O2S/c1-10-21-18-24(22-10)17(26)15(27-18)14(11-2-4-13(19)5-3-11)23-8-6-12(7-9-23)16(20)25/h2-5,12,14,26H,6-9H2,1H3,(H2,20,25)/t14-/m0/s1. The Bertz CT molecular complexity index is 976. The van der Waals surface area contributed by atoms with Gasteiger partial charge in [-0.25, -0.2) is 9.37 Å². The first-order valence-corrected chi connectivity index (χ1v) is 9.59. The van der Waals surface area contributed by atoms with Gasteiger partial charge in [0.1, 0.15) is 11.6 Å². The number of aryl methyl sites for hydroxylation is 1. The molecule has 1 atom stereocenters. The molecule has 1 saturated heterocycles. The number of primary amides is 1. The molecule has 142 valence electrons. The zero-order valence-electron chi connectivity index (χ0n) is 14.8. The first kappa shape index (κ1) is 17.9. The first-order chi connectivity index (χ1) is 12.9. The molecule has 9 heteroatoms. The quantitative estimate of drug-likeness (QED) is 0.713. The first-order valence-electron chi connectivity index (χ1n) is 8.78. The summed E-state index contributed by atoms with van der Waals surface area (Å²) in [4.78, 5) is 19.3. The lowest BCUT2D eigenvalue weighted by Crippen LogP contribution is -2.40. The van der Waals surface area contributed by atoms with E-state index in [1.807, 2.05) is 0 Å². The van der Waals surface area contributed by atoms with E-state index in [2.05, 4.69) is 15.0 Å². The lowest BCUT2D eigenvalue weighted by atomic mass is 9.93. The van der Waals surface area contributed by atoms with Gasteiger partial charge in [-0.2, -0.15) is 4.52 Å². The molecule has 0 saturated carbocycles. The highest BCUT2D eigenvalue weighted by Gasteiger charge is 2.33. The molecule has 1 aliphatic rings. The zero-order valence-corrected chi connectivity index (χ0v) is 15.6. The maximum absolute atomic E-state index is 13.4. The second-order valence-electron chi connectivity index (χ2n) is 6.81. The highest BCUT2D eigenvalue weighted by atomic mass is 32.1. The van der Waals surface area contributed by atoms with Crippen molar-refractivity contribution in [1.82, 2.24) is 19.5 Å². The van der Waals surface area contributed by atoms with E-state index in [0.29, 0.717) is 41.6 Å². The maximum atomic E-state index is 13.4. The van der Waals surface area contributed by atoms with E-state index in [1.54, 1.807) is 19.1 Å². The molecule has 4 rings (SSSR count). The van der Waals surface area contributed by atoms with Crippen LogP contribution in [0.5, 0.6) is 5.88 Å². The van der Waals surface area contributed by atoms with Crippen LogP contribution < -0.4 is 5.73 Å². The summed E-state index contributed by atoms with van der Waals surface area (Å²) in [5.41, 5.74) is 6.31. The summed E-state index contributed by atoms with van der Waals surface area (Å²) >= 11 is 1.36. The highest BCUT2D eigenvalue weighted by Crippen LogP contribution is 2.41. The van der Waals surface area contributed by atoms with Crippen molar-refractivity contribution in [3.63, 3.8) is 0 Å². The van der Waals surface area contributed by atoms with Crippen LogP contribution in [0.15, 0.2) is 24.3 Å². The van der Waals surface area contributed by atoms with E-state index < -0.39 is 0 Å². The van der Waals surface area contributed by atoms with E-state index in [1.165, 1.54) is 28.0 Å². The van der Waals surface area contributed by atoms with E-state index in [9.17, 15) is 14.3 Å². The number of amides is 1. The Morgan fingerprint density at radius 3 is 2.59 bits per heavy atom. The SMILES string of the molecule is Cc1nc2sc([C@H](c3ccc(F)cc3)N3CCC(C(N)=O)CC3)c(O)n2n1. The summed E-state index contributed by atoms with van der Waals surface area (Å²) in [5, 5.41) is 15.0. The molecule has 1 aromatic carbocycles. The average Bonchev–Trinajstić information content (AvgIpc) is 3.15. The number of aromatic nitrogens is 3. The molecule has 7 nitrogen and oxygen atoms in total. The van der Waals surface area contributed by atoms with Crippen LogP contribution >= 0.6 is 11.3 Å². The Balaban J connectivity index is 1.74. The van der Waals surface area contributed by atoms with Gasteiger partial charge in [0.05, 0.1) is 10.9 Å². The molecule has 27 heavy (non-hydrogen) atoms. The lowest BCUT2D eigenvalue weighted by Gasteiger charge is -2.36. The van der Waals surface area contributed by atoms with Gasteiger partial charge in [0, 0.05) is 5.92 Å². The normalized spacial score (nSPS) is 17.4. The predicted octanol–water partition coefficient (Wildman–Crippen LogP) is 2.23. The van der Waals surface area contributed by atoms with Crippen molar-refractivity contribution in [1.29, 1.82) is 0 Å². The van der Waals surface area contributed by atoms with Gasteiger partial charge < -0.3 is 10.8 Å². The Labute approximate surface area is 159 Å². The third kappa shape index (κ3) is 3.28. The van der Waals surface area contributed by atoms with Crippen LogP contribution in [0.2, 0.25) is 0 Å². The van der Waals surface area contributed by atoms with Gasteiger partial charge in [0.2, 0.25) is 16.7 Å². The fourth-order valence-electron chi connectivity index (χ4n) is 3.64. The molecule has 1 fully saturated rings. The molecule has 0 radical (unpaired) electrons. The van der Waals surface area contributed by atoms with Gasteiger partial charge in [-0.05, 0) is 50.6 Å². The van der Waals surface area contributed by atoms with Crippen molar-refractivity contribution in [2.75, 3.05) is 13.1 Å². The third-order valence-electron chi connectivity index (χ3n) is 5.04. The summed E-state index contributed by atoms with van der Waals surface area (Å²) in [7, 11) is 0. The second-order valence-corrected chi connectivity index (χ2v) is 7.82. The third-order valence-corrected chi connectivity index (χ3v) is 6.11. The van der Waals surface area contributed by atoms with Crippen molar-refractivity contribution in [2.24, 2.45) is 11.7 Å². The molecular weight excluding hydrogens is 369 g/mol. The van der Waals surface area contributed by atoms with Crippen molar-refractivity contribution in [3.05, 3.63) is 46.3 Å². The number of benzene rings is 1. The van der Waals surface area contributed by atoms with Gasteiger partial charge in [-0.1, -0.05) is 23.5 Å². The summed E-state index contributed by atoms with van der Waals surface area (Å²) in [6, 6.07) is 6.00. The number of hydrogen-bond donors (Lipinski definition) is 2. The van der Waals surface area contributed by atoms with Crippen LogP contribution in [-0.2, 0) is 4.79 Å². The number of fused-ring (bicyclic) bond motifs is 1. The van der Waals surface area contributed by atoms with E-state index in [0.717, 1.165) is 5.56 Å². The van der Waals surface area contributed by atoms with Crippen LogP contribution in [0.4, 0.5) is 4.39 Å². The fourth-order valence-corrected chi connectivity index (χ4v) is 4.80. The number of nitrogens with two attached hydrogens (primary N) is 1. The van der Waals surface area contributed by atoms with Crippen molar-refractivity contribution < 1.29 is 14.3 Å². The molecule has 3 N–H and O–H groups in total. The van der Waals surface area contributed by atoms with E-state index in [4.69, 9.17) is 5.73 Å². The van der Waals surface area contributed by atoms with Crippen molar-refractivity contribution in [2.45, 2.75) is 25.8 Å². The van der Waals surface area contributed by atoms with Crippen molar-refractivity contribution >= 4 is 22.2 Å². The molecule has 3 heterocycles. The van der Waals surface area contributed by atoms with Crippen LogP contribution in [0, 0.1) is 18.7 Å². The summed E-state index contributed by atoms with van der Waals surface area (Å²) in [5.74, 6) is -0.0862. The largest absolute Gasteiger partial charge is 0.492 e. The molecular formula is C18H20FN5O2S. The molecule has 3 aromatic rings. The number of hydrogen-bond acceptors (Lipinski definition) is 6. The van der Waals surface area contributed by atoms with Gasteiger partial charge in [-0.3, -0.25) is 9.69 Å². The Kier molecular flexibility index (Phi) is 4.56. The van der Waals surface area contributed by atoms with Gasteiger partial charge in [0.15, 0.2) is 0 Å². The molecule has 0 aliphatic carbocycles. The smallest absolute Gasteiger partial charge is 0.230 e. The van der Waals surface area contributed by atoms with Crippen molar-refractivity contribution in [3.8, 4) is 5.88 Å². The van der Waals surface area contributed by atoms with Gasteiger partial charge in [0.25, 0.3) is 0 Å². The van der Waals surface area contributed by atoms with Crippen LogP contribution in [0.3, 0.4) is 0 Å². The Morgan fingerprint density at radius 2 is 2.00 bits per heavy atom. The molecule has 1 amide bonds. The van der Waals surface area contributed by atoms with Crippen LogP contribution in [0.25, 0.3) is 4.96 Å². The van der Waals surface area contributed by atoms with Crippen LogP contribution in [-0.4, -0.2) is 43.6 Å². The fraction of sp³-hybridized carbons (Fsp3) is 0.389. The van der Waals surface area contributed by atoms with Gasteiger partial charge in [-0.15, -0.1) is 5.10 Å². The number of carbonyl (C=O) groups is 1. The van der Waals surface area contributed by atoms with Crippen LogP contribution in [0.1, 0.15) is 35.1 Å². The van der Waals surface area contributed by atoms with E-state index in [-0.39, 0.29) is 29.6 Å². The maximum Gasteiger partial charge on any atom is 0.230 e. The number of likely N-dealkylation sites (tertiary alicyclic amines) is 1. The predicted molar refractivity (Wildman–Crippen MR) is 99.0 cm³/mol. The minimum Gasteiger partial charge on any atom is -0.492 e. The number of halogens is 1. The highest BCUT2D eigenvalue weighted by molar-refractivity contribution is 7.17.